The molecule has 0 spiro atoms. The molecule has 2 rings (SSSR count). The van der Waals surface area contributed by atoms with Gasteiger partial charge in [-0.15, -0.1) is 0 Å². The molecule has 0 aromatic heterocycles. The largest absolute Gasteiger partial charge is 0.493 e. The number of nitrogens with one attached hydrogen (secondary N) is 1. The highest BCUT2D eigenvalue weighted by atomic mass is 16.5. The lowest BCUT2D eigenvalue weighted by Gasteiger charge is -2.22. The Bertz CT molecular complexity index is 794. The molecule has 0 radical (unpaired) electrons. The molecule has 2 aromatic carbocycles. The monoisotopic (exact) mass is 366 g/mol. The zero-order chi connectivity index (χ0) is 19.6. The Hall–Kier alpha value is -3.00. The maximum absolute atomic E-state index is 11.3. The summed E-state index contributed by atoms with van der Waals surface area (Å²) in [7, 11) is 0. The van der Waals surface area contributed by atoms with Gasteiger partial charge in [0.2, 0.25) is 0 Å². The Balaban J connectivity index is 2.26. The van der Waals surface area contributed by atoms with Crippen LogP contribution in [0.2, 0.25) is 0 Å². The Morgan fingerprint density at radius 3 is 2.52 bits per heavy atom. The van der Waals surface area contributed by atoms with Crippen LogP contribution in [0.1, 0.15) is 49.9 Å². The van der Waals surface area contributed by atoms with Crippen molar-refractivity contribution in [2.75, 3.05) is 18.5 Å². The minimum Gasteiger partial charge on any atom is -0.493 e. The van der Waals surface area contributed by atoms with Crippen LogP contribution in [-0.2, 0) is 16.0 Å². The van der Waals surface area contributed by atoms with Crippen LogP contribution >= 0.6 is 0 Å². The summed E-state index contributed by atoms with van der Waals surface area (Å²) in [5.41, 5.74) is 3.59. The van der Waals surface area contributed by atoms with Gasteiger partial charge in [-0.2, -0.15) is 5.26 Å². The van der Waals surface area contributed by atoms with E-state index < -0.39 is 0 Å². The van der Waals surface area contributed by atoms with Crippen LogP contribution in [-0.4, -0.2) is 19.2 Å². The average molecular weight is 366 g/mol. The molecule has 5 heteroatoms. The number of carbonyl (C=O) groups is 1. The Kier molecular flexibility index (Phi) is 7.69. The first kappa shape index (κ1) is 20.3. The fourth-order valence-electron chi connectivity index (χ4n) is 2.71. The molecule has 0 heterocycles. The molecule has 0 aliphatic heterocycles. The molecular formula is C22H26N2O3. The summed E-state index contributed by atoms with van der Waals surface area (Å²) in [5, 5.41) is 12.3. The van der Waals surface area contributed by atoms with Crippen LogP contribution in [0.4, 0.5) is 5.69 Å². The third-order valence-corrected chi connectivity index (χ3v) is 4.14. The smallest absolute Gasteiger partial charge is 0.302 e. The first-order chi connectivity index (χ1) is 13.1. The number of aryl methyl sites for hydroxylation is 1. The van der Waals surface area contributed by atoms with Crippen LogP contribution < -0.4 is 10.1 Å². The summed E-state index contributed by atoms with van der Waals surface area (Å²) < 4.78 is 11.1. The normalized spacial score (nSPS) is 11.3. The summed E-state index contributed by atoms with van der Waals surface area (Å²) in [6.07, 6.45) is 1.81. The van der Waals surface area contributed by atoms with E-state index in [1.807, 2.05) is 24.3 Å². The molecule has 0 fully saturated rings. The van der Waals surface area contributed by atoms with Gasteiger partial charge >= 0.3 is 5.97 Å². The lowest BCUT2D eigenvalue weighted by Crippen LogP contribution is -2.19. The van der Waals surface area contributed by atoms with Crippen LogP contribution in [0.15, 0.2) is 42.5 Å². The molecule has 5 nitrogen and oxygen atoms in total. The number of hydrogen-bond donors (Lipinski definition) is 1. The maximum atomic E-state index is 11.3. The Morgan fingerprint density at radius 1 is 1.19 bits per heavy atom. The van der Waals surface area contributed by atoms with E-state index >= 15 is 0 Å². The van der Waals surface area contributed by atoms with Gasteiger partial charge in [0.1, 0.15) is 12.4 Å². The molecule has 0 saturated carbocycles. The predicted octanol–water partition coefficient (Wildman–Crippen LogP) is 4.63. The molecule has 1 atom stereocenters. The van der Waals surface area contributed by atoms with E-state index in [9.17, 15) is 4.79 Å². The fourth-order valence-corrected chi connectivity index (χ4v) is 2.71. The van der Waals surface area contributed by atoms with Gasteiger partial charge in [-0.25, -0.2) is 0 Å². The van der Waals surface area contributed by atoms with Crippen molar-refractivity contribution in [3.63, 3.8) is 0 Å². The van der Waals surface area contributed by atoms with Crippen molar-refractivity contribution in [1.29, 1.82) is 5.26 Å². The van der Waals surface area contributed by atoms with E-state index in [-0.39, 0.29) is 18.6 Å². The Morgan fingerprint density at radius 2 is 1.93 bits per heavy atom. The van der Waals surface area contributed by atoms with Crippen LogP contribution in [0.5, 0.6) is 5.75 Å². The van der Waals surface area contributed by atoms with Gasteiger partial charge in [0.25, 0.3) is 0 Å². The second kappa shape index (κ2) is 10.2. The SMILES string of the molecule is CCCOc1ccc(C(COC(C)=O)Nc2ccc(C#N)cc2)cc1CC. The molecular weight excluding hydrogens is 340 g/mol. The lowest BCUT2D eigenvalue weighted by atomic mass is 10.0. The van der Waals surface area contributed by atoms with Crippen molar-refractivity contribution in [1.82, 2.24) is 0 Å². The number of ether oxygens (including phenoxy) is 2. The number of benzene rings is 2. The van der Waals surface area contributed by atoms with Crippen molar-refractivity contribution in [2.24, 2.45) is 0 Å². The molecule has 0 amide bonds. The highest BCUT2D eigenvalue weighted by molar-refractivity contribution is 5.66. The van der Waals surface area contributed by atoms with E-state index in [0.29, 0.717) is 12.2 Å². The van der Waals surface area contributed by atoms with Crippen LogP contribution in [0.25, 0.3) is 0 Å². The maximum Gasteiger partial charge on any atom is 0.302 e. The van der Waals surface area contributed by atoms with Gasteiger partial charge < -0.3 is 14.8 Å². The van der Waals surface area contributed by atoms with Crippen molar-refractivity contribution in [3.05, 3.63) is 59.2 Å². The first-order valence-electron chi connectivity index (χ1n) is 9.23. The third kappa shape index (κ3) is 6.03. The molecule has 0 saturated heterocycles. The molecule has 1 unspecified atom stereocenters. The zero-order valence-electron chi connectivity index (χ0n) is 16.1. The second-order valence-electron chi connectivity index (χ2n) is 6.26. The molecule has 0 bridgehead atoms. The van der Waals surface area contributed by atoms with Crippen molar-refractivity contribution < 1.29 is 14.3 Å². The minimum atomic E-state index is -0.319. The summed E-state index contributed by atoms with van der Waals surface area (Å²) in [5.74, 6) is 0.577. The van der Waals surface area contributed by atoms with Gasteiger partial charge in [0.05, 0.1) is 24.3 Å². The molecule has 0 aliphatic rings. The van der Waals surface area contributed by atoms with E-state index in [1.54, 1.807) is 12.1 Å². The van der Waals surface area contributed by atoms with Gasteiger partial charge in [0.15, 0.2) is 0 Å². The molecule has 0 aliphatic carbocycles. The van der Waals surface area contributed by atoms with Crippen molar-refractivity contribution in [3.8, 4) is 11.8 Å². The van der Waals surface area contributed by atoms with E-state index in [1.165, 1.54) is 6.92 Å². The fraction of sp³-hybridized carbons (Fsp3) is 0.364. The molecule has 142 valence electrons. The zero-order valence-corrected chi connectivity index (χ0v) is 16.1. The Labute approximate surface area is 160 Å². The highest BCUT2D eigenvalue weighted by Crippen LogP contribution is 2.27. The highest BCUT2D eigenvalue weighted by Gasteiger charge is 2.16. The van der Waals surface area contributed by atoms with E-state index in [4.69, 9.17) is 14.7 Å². The number of esters is 1. The third-order valence-electron chi connectivity index (χ3n) is 4.14. The molecule has 27 heavy (non-hydrogen) atoms. The lowest BCUT2D eigenvalue weighted by molar-refractivity contribution is -0.141. The molecule has 1 N–H and O–H groups in total. The standard InChI is InChI=1S/C22H26N2O3/c1-4-12-26-22-11-8-19(13-18(22)5-2)21(15-27-16(3)25)24-20-9-6-17(14-23)7-10-20/h6-11,13,21,24H,4-5,12,15H2,1-3H3. The average Bonchev–Trinajstić information content (AvgIpc) is 2.69. The summed E-state index contributed by atoms with van der Waals surface area (Å²) in [6.45, 7) is 6.47. The quantitative estimate of drug-likeness (QED) is 0.655. The summed E-state index contributed by atoms with van der Waals surface area (Å²) in [4.78, 5) is 11.3. The number of hydrogen-bond acceptors (Lipinski definition) is 5. The summed E-state index contributed by atoms with van der Waals surface area (Å²) >= 11 is 0. The summed E-state index contributed by atoms with van der Waals surface area (Å²) in [6, 6.07) is 15.2. The number of nitrogens with zero attached hydrogens (tertiary/aromatic N) is 1. The van der Waals surface area contributed by atoms with Crippen LogP contribution in [0.3, 0.4) is 0 Å². The van der Waals surface area contributed by atoms with Crippen molar-refractivity contribution in [2.45, 2.75) is 39.7 Å². The minimum absolute atomic E-state index is 0.202. The van der Waals surface area contributed by atoms with Crippen LogP contribution in [0, 0.1) is 11.3 Å². The predicted molar refractivity (Wildman–Crippen MR) is 106 cm³/mol. The van der Waals surface area contributed by atoms with Gasteiger partial charge in [-0.05, 0) is 60.4 Å². The topological polar surface area (TPSA) is 71.3 Å². The first-order valence-corrected chi connectivity index (χ1v) is 9.23. The number of nitriles is 1. The van der Waals surface area contributed by atoms with Crippen molar-refractivity contribution >= 4 is 11.7 Å². The van der Waals surface area contributed by atoms with E-state index in [0.717, 1.165) is 35.4 Å². The number of carbonyl (C=O) groups excluding carboxylic acids is 1. The van der Waals surface area contributed by atoms with Gasteiger partial charge in [0, 0.05) is 12.6 Å². The number of anilines is 1. The second-order valence-corrected chi connectivity index (χ2v) is 6.26. The number of rotatable bonds is 9. The van der Waals surface area contributed by atoms with Gasteiger partial charge in [-0.3, -0.25) is 4.79 Å². The van der Waals surface area contributed by atoms with E-state index in [2.05, 4.69) is 31.3 Å². The molecule has 2 aromatic rings. The van der Waals surface area contributed by atoms with Gasteiger partial charge in [-0.1, -0.05) is 19.9 Å².